The Morgan fingerprint density at radius 2 is 2.15 bits per heavy atom. The van der Waals surface area contributed by atoms with Gasteiger partial charge in [-0.15, -0.1) is 0 Å². The molecule has 0 bridgehead atoms. The number of ether oxygens (including phenoxy) is 1. The van der Waals surface area contributed by atoms with Crippen LogP contribution in [0, 0.1) is 0 Å². The topological polar surface area (TPSA) is 69.9 Å². The summed E-state index contributed by atoms with van der Waals surface area (Å²) in [6.07, 6.45) is 3.08. The molecule has 0 aliphatic heterocycles. The van der Waals surface area contributed by atoms with Gasteiger partial charge >= 0.3 is 0 Å². The molecule has 0 atom stereocenters. The van der Waals surface area contributed by atoms with Gasteiger partial charge in [0.25, 0.3) is 0 Å². The summed E-state index contributed by atoms with van der Waals surface area (Å²) < 4.78 is 7.39. The number of carbonyl (C=O) groups is 1. The highest BCUT2D eigenvalue weighted by atomic mass is 16.5. The lowest BCUT2D eigenvalue weighted by Gasteiger charge is -2.06. The van der Waals surface area contributed by atoms with Crippen LogP contribution in [-0.4, -0.2) is 25.5 Å². The third kappa shape index (κ3) is 2.11. The molecule has 6 nitrogen and oxygen atoms in total. The van der Waals surface area contributed by atoms with E-state index in [4.69, 9.17) is 4.74 Å². The van der Waals surface area contributed by atoms with Crippen molar-refractivity contribution in [2.45, 2.75) is 6.92 Å². The van der Waals surface area contributed by atoms with Crippen LogP contribution < -0.4 is 4.74 Å². The van der Waals surface area contributed by atoms with E-state index < -0.39 is 0 Å². The number of benzene rings is 1. The molecule has 0 N–H and O–H groups in total. The van der Waals surface area contributed by atoms with E-state index in [2.05, 4.69) is 15.1 Å². The predicted octanol–water partition coefficient (Wildman–Crippen LogP) is 2.36. The number of rotatable bonds is 3. The van der Waals surface area contributed by atoms with E-state index in [9.17, 15) is 4.79 Å². The van der Waals surface area contributed by atoms with E-state index in [-0.39, 0.29) is 5.78 Å². The molecule has 0 unspecified atom stereocenters. The first-order chi connectivity index (χ1) is 9.65. The Morgan fingerprint density at radius 3 is 2.95 bits per heavy atom. The number of nitrogens with zero attached hydrogens (tertiary/aromatic N) is 4. The van der Waals surface area contributed by atoms with Gasteiger partial charge in [0.1, 0.15) is 17.5 Å². The van der Waals surface area contributed by atoms with Crippen LogP contribution in [0.2, 0.25) is 0 Å². The second kappa shape index (κ2) is 4.73. The fraction of sp³-hybridized carbons (Fsp3) is 0.143. The van der Waals surface area contributed by atoms with E-state index in [1.807, 2.05) is 0 Å². The molecule has 0 aliphatic rings. The zero-order valence-corrected chi connectivity index (χ0v) is 11.1. The first-order valence-electron chi connectivity index (χ1n) is 6.07. The molecule has 100 valence electrons. The van der Waals surface area contributed by atoms with Gasteiger partial charge in [0.2, 0.25) is 5.88 Å². The number of aromatic nitrogens is 4. The van der Waals surface area contributed by atoms with Gasteiger partial charge in [-0.25, -0.2) is 9.97 Å². The fourth-order valence-corrected chi connectivity index (χ4v) is 1.91. The maximum atomic E-state index is 11.4. The van der Waals surface area contributed by atoms with Gasteiger partial charge in [-0.1, -0.05) is 12.1 Å². The molecule has 0 amide bonds. The SMILES string of the molecule is CC(=O)c1cccc(Oc2ncnc3c2cnn3C)c1. The van der Waals surface area contributed by atoms with Crippen LogP contribution in [0.15, 0.2) is 36.8 Å². The zero-order chi connectivity index (χ0) is 14.1. The van der Waals surface area contributed by atoms with Crippen molar-refractivity contribution in [1.82, 2.24) is 19.7 Å². The molecule has 0 radical (unpaired) electrons. The molecule has 3 rings (SSSR count). The minimum absolute atomic E-state index is 0.00957. The smallest absolute Gasteiger partial charge is 0.233 e. The quantitative estimate of drug-likeness (QED) is 0.682. The van der Waals surface area contributed by atoms with Crippen LogP contribution in [0.4, 0.5) is 0 Å². The molecule has 0 saturated heterocycles. The number of carbonyl (C=O) groups excluding carboxylic acids is 1. The van der Waals surface area contributed by atoms with Gasteiger partial charge in [-0.3, -0.25) is 9.48 Å². The van der Waals surface area contributed by atoms with E-state index in [0.29, 0.717) is 22.8 Å². The standard InChI is InChI=1S/C14H12N4O2/c1-9(19)10-4-3-5-11(6-10)20-14-12-7-17-18(2)13(12)15-8-16-14/h3-8H,1-2H3. The van der Waals surface area contributed by atoms with Crippen molar-refractivity contribution < 1.29 is 9.53 Å². The van der Waals surface area contributed by atoms with Crippen LogP contribution in [0.25, 0.3) is 11.0 Å². The lowest BCUT2D eigenvalue weighted by atomic mass is 10.1. The van der Waals surface area contributed by atoms with E-state index in [1.54, 1.807) is 42.2 Å². The molecule has 0 spiro atoms. The van der Waals surface area contributed by atoms with E-state index in [0.717, 1.165) is 5.39 Å². The highest BCUT2D eigenvalue weighted by molar-refractivity contribution is 5.94. The fourth-order valence-electron chi connectivity index (χ4n) is 1.91. The summed E-state index contributed by atoms with van der Waals surface area (Å²) in [6.45, 7) is 1.52. The Balaban J connectivity index is 2.01. The summed E-state index contributed by atoms with van der Waals surface area (Å²) in [5.41, 5.74) is 1.29. The van der Waals surface area contributed by atoms with Gasteiger partial charge in [0, 0.05) is 12.6 Å². The summed E-state index contributed by atoms with van der Waals surface area (Å²) in [5, 5.41) is 4.85. The molecule has 0 fully saturated rings. The van der Waals surface area contributed by atoms with Gasteiger partial charge < -0.3 is 4.74 Å². The summed E-state index contributed by atoms with van der Waals surface area (Å²) >= 11 is 0. The Bertz CT molecular complexity index is 795. The average molecular weight is 268 g/mol. The van der Waals surface area contributed by atoms with Gasteiger partial charge in [-0.2, -0.15) is 5.10 Å². The lowest BCUT2D eigenvalue weighted by Crippen LogP contribution is -1.95. The number of ketones is 1. The Labute approximate surface area is 115 Å². The molecule has 0 aliphatic carbocycles. The third-order valence-corrected chi connectivity index (χ3v) is 2.95. The summed E-state index contributed by atoms with van der Waals surface area (Å²) in [4.78, 5) is 19.6. The summed E-state index contributed by atoms with van der Waals surface area (Å²) in [7, 11) is 1.80. The maximum absolute atomic E-state index is 11.4. The summed E-state index contributed by atoms with van der Waals surface area (Å²) in [5.74, 6) is 0.968. The normalized spacial score (nSPS) is 10.7. The Kier molecular flexibility index (Phi) is 2.90. The third-order valence-electron chi connectivity index (χ3n) is 2.95. The number of Topliss-reactive ketones (excluding diaryl/α,β-unsaturated/α-hetero) is 1. The Morgan fingerprint density at radius 1 is 1.30 bits per heavy atom. The van der Waals surface area contributed by atoms with E-state index >= 15 is 0 Å². The number of hydrogen-bond donors (Lipinski definition) is 0. The highest BCUT2D eigenvalue weighted by Crippen LogP contribution is 2.26. The van der Waals surface area contributed by atoms with Crippen molar-refractivity contribution in [1.29, 1.82) is 0 Å². The van der Waals surface area contributed by atoms with Crippen LogP contribution >= 0.6 is 0 Å². The van der Waals surface area contributed by atoms with Crippen molar-refractivity contribution in [3.63, 3.8) is 0 Å². The maximum Gasteiger partial charge on any atom is 0.233 e. The van der Waals surface area contributed by atoms with E-state index in [1.165, 1.54) is 13.3 Å². The second-order valence-electron chi connectivity index (χ2n) is 4.37. The van der Waals surface area contributed by atoms with Crippen LogP contribution in [0.3, 0.4) is 0 Å². The van der Waals surface area contributed by atoms with Crippen LogP contribution in [-0.2, 0) is 7.05 Å². The van der Waals surface area contributed by atoms with Crippen molar-refractivity contribution in [2.75, 3.05) is 0 Å². The molecule has 3 aromatic rings. The lowest BCUT2D eigenvalue weighted by molar-refractivity contribution is 0.101. The first kappa shape index (κ1) is 12.3. The van der Waals surface area contributed by atoms with Gasteiger partial charge in [0.05, 0.1) is 6.20 Å². The molecule has 0 saturated carbocycles. The number of fused-ring (bicyclic) bond motifs is 1. The largest absolute Gasteiger partial charge is 0.438 e. The van der Waals surface area contributed by atoms with Gasteiger partial charge in [-0.05, 0) is 19.1 Å². The molecule has 2 heterocycles. The number of aryl methyl sites for hydroxylation is 1. The molecule has 2 aromatic heterocycles. The molecule has 1 aromatic carbocycles. The average Bonchev–Trinajstić information content (AvgIpc) is 2.82. The van der Waals surface area contributed by atoms with Crippen LogP contribution in [0.5, 0.6) is 11.6 Å². The van der Waals surface area contributed by atoms with Crippen LogP contribution in [0.1, 0.15) is 17.3 Å². The Hall–Kier alpha value is -2.76. The zero-order valence-electron chi connectivity index (χ0n) is 11.1. The summed E-state index contributed by atoms with van der Waals surface area (Å²) in [6, 6.07) is 6.98. The first-order valence-corrected chi connectivity index (χ1v) is 6.07. The van der Waals surface area contributed by atoms with Crippen molar-refractivity contribution in [2.24, 2.45) is 7.05 Å². The van der Waals surface area contributed by atoms with Gasteiger partial charge in [0.15, 0.2) is 11.4 Å². The molecule has 6 heteroatoms. The molecular weight excluding hydrogens is 256 g/mol. The molecule has 20 heavy (non-hydrogen) atoms. The second-order valence-corrected chi connectivity index (χ2v) is 4.37. The number of hydrogen-bond acceptors (Lipinski definition) is 5. The highest BCUT2D eigenvalue weighted by Gasteiger charge is 2.10. The molecular formula is C14H12N4O2. The predicted molar refractivity (Wildman–Crippen MR) is 72.8 cm³/mol. The van der Waals surface area contributed by atoms with Crippen molar-refractivity contribution in [3.05, 3.63) is 42.4 Å². The minimum Gasteiger partial charge on any atom is -0.438 e. The van der Waals surface area contributed by atoms with Crippen molar-refractivity contribution >= 4 is 16.8 Å². The van der Waals surface area contributed by atoms with Crippen molar-refractivity contribution in [3.8, 4) is 11.6 Å². The minimum atomic E-state index is -0.00957. The monoisotopic (exact) mass is 268 g/mol.